The van der Waals surface area contributed by atoms with Crippen LogP contribution >= 0.6 is 0 Å². The molecule has 1 amide bonds. The van der Waals surface area contributed by atoms with Crippen molar-refractivity contribution < 1.29 is 13.2 Å². The second-order valence-electron chi connectivity index (χ2n) is 7.33. The summed E-state index contributed by atoms with van der Waals surface area (Å²) in [5, 5.41) is 7.43. The Morgan fingerprint density at radius 1 is 1.00 bits per heavy atom. The number of nitrogens with one attached hydrogen (secondary N) is 1. The molecule has 0 atom stereocenters. The SMILES string of the molecule is Cc1ccc(C(=O)Nc2c3c(nn2-c2ccc(C)cc2C)CS(=O)(=O)C3)cc1. The first kappa shape index (κ1) is 18.4. The van der Waals surface area contributed by atoms with E-state index in [1.165, 1.54) is 0 Å². The number of anilines is 1. The van der Waals surface area contributed by atoms with Crippen molar-refractivity contribution in [2.24, 2.45) is 0 Å². The predicted octanol–water partition coefficient (Wildman–Crippen LogP) is 3.48. The van der Waals surface area contributed by atoms with Crippen molar-refractivity contribution in [3.63, 3.8) is 0 Å². The van der Waals surface area contributed by atoms with Crippen LogP contribution in [0, 0.1) is 20.8 Å². The summed E-state index contributed by atoms with van der Waals surface area (Å²) in [6.07, 6.45) is 0. The fourth-order valence-electron chi connectivity index (χ4n) is 3.47. The summed E-state index contributed by atoms with van der Waals surface area (Å²) in [7, 11) is -3.23. The molecule has 1 aromatic heterocycles. The van der Waals surface area contributed by atoms with Gasteiger partial charge in [-0.3, -0.25) is 4.79 Å². The highest BCUT2D eigenvalue weighted by Crippen LogP contribution is 2.34. The van der Waals surface area contributed by atoms with E-state index in [4.69, 9.17) is 0 Å². The van der Waals surface area contributed by atoms with E-state index in [0.29, 0.717) is 22.6 Å². The second-order valence-corrected chi connectivity index (χ2v) is 9.39. The van der Waals surface area contributed by atoms with Crippen molar-refractivity contribution in [1.29, 1.82) is 0 Å². The largest absolute Gasteiger partial charge is 0.306 e. The summed E-state index contributed by atoms with van der Waals surface area (Å²) >= 11 is 0. The molecule has 0 saturated carbocycles. The van der Waals surface area contributed by atoms with E-state index >= 15 is 0 Å². The molecule has 0 aliphatic carbocycles. The Labute approximate surface area is 164 Å². The third-order valence-corrected chi connectivity index (χ3v) is 6.36. The van der Waals surface area contributed by atoms with Crippen LogP contribution in [-0.4, -0.2) is 24.1 Å². The van der Waals surface area contributed by atoms with Gasteiger partial charge in [0.25, 0.3) is 5.91 Å². The van der Waals surface area contributed by atoms with Gasteiger partial charge in [-0.25, -0.2) is 13.1 Å². The van der Waals surface area contributed by atoms with Crippen LogP contribution < -0.4 is 5.32 Å². The first-order chi connectivity index (χ1) is 13.2. The molecular formula is C21H21N3O3S. The number of carbonyl (C=O) groups excluding carboxylic acids is 1. The van der Waals surface area contributed by atoms with Gasteiger partial charge < -0.3 is 5.32 Å². The van der Waals surface area contributed by atoms with Crippen LogP contribution in [-0.2, 0) is 21.3 Å². The number of carbonyl (C=O) groups is 1. The molecule has 0 spiro atoms. The quantitative estimate of drug-likeness (QED) is 0.736. The molecule has 0 unspecified atom stereocenters. The maximum Gasteiger partial charge on any atom is 0.256 e. The topological polar surface area (TPSA) is 81.1 Å². The molecule has 3 aromatic rings. The van der Waals surface area contributed by atoms with E-state index in [-0.39, 0.29) is 17.4 Å². The van der Waals surface area contributed by atoms with E-state index in [0.717, 1.165) is 22.4 Å². The molecule has 7 heteroatoms. The van der Waals surface area contributed by atoms with Crippen LogP contribution in [0.2, 0.25) is 0 Å². The summed E-state index contributed by atoms with van der Waals surface area (Å²) in [6, 6.07) is 13.2. The lowest BCUT2D eigenvalue weighted by atomic mass is 10.1. The van der Waals surface area contributed by atoms with Crippen LogP contribution in [0.4, 0.5) is 5.82 Å². The molecule has 1 aliphatic heterocycles. The fourth-order valence-corrected chi connectivity index (χ4v) is 4.97. The Hall–Kier alpha value is -2.93. The van der Waals surface area contributed by atoms with E-state index in [2.05, 4.69) is 10.4 Å². The Morgan fingerprint density at radius 3 is 2.36 bits per heavy atom. The zero-order chi connectivity index (χ0) is 20.1. The van der Waals surface area contributed by atoms with Crippen molar-refractivity contribution in [3.8, 4) is 5.69 Å². The molecular weight excluding hydrogens is 374 g/mol. The number of nitrogens with zero attached hydrogens (tertiary/aromatic N) is 2. The molecule has 1 aliphatic rings. The number of hydrogen-bond acceptors (Lipinski definition) is 4. The molecule has 0 fully saturated rings. The maximum absolute atomic E-state index is 12.8. The van der Waals surface area contributed by atoms with Crippen molar-refractivity contribution in [2.75, 3.05) is 5.32 Å². The number of hydrogen-bond donors (Lipinski definition) is 1. The normalized spacial score (nSPS) is 14.7. The molecule has 6 nitrogen and oxygen atoms in total. The van der Waals surface area contributed by atoms with Gasteiger partial charge in [0.15, 0.2) is 9.84 Å². The molecule has 0 saturated heterocycles. The van der Waals surface area contributed by atoms with Gasteiger partial charge in [-0.1, -0.05) is 35.4 Å². The number of benzene rings is 2. The van der Waals surface area contributed by atoms with Gasteiger partial charge >= 0.3 is 0 Å². The van der Waals surface area contributed by atoms with Crippen LogP contribution in [0.25, 0.3) is 5.69 Å². The summed E-state index contributed by atoms with van der Waals surface area (Å²) in [4.78, 5) is 12.8. The molecule has 0 radical (unpaired) electrons. The lowest BCUT2D eigenvalue weighted by Gasteiger charge is -2.13. The number of rotatable bonds is 3. The van der Waals surface area contributed by atoms with Crippen molar-refractivity contribution in [3.05, 3.63) is 76.0 Å². The Kier molecular flexibility index (Phi) is 4.34. The molecule has 0 bridgehead atoms. The molecule has 28 heavy (non-hydrogen) atoms. The van der Waals surface area contributed by atoms with E-state index < -0.39 is 9.84 Å². The highest BCUT2D eigenvalue weighted by Gasteiger charge is 2.33. The van der Waals surface area contributed by atoms with E-state index in [1.807, 2.05) is 51.1 Å². The van der Waals surface area contributed by atoms with E-state index in [9.17, 15) is 13.2 Å². The van der Waals surface area contributed by atoms with Crippen molar-refractivity contribution >= 4 is 21.6 Å². The van der Waals surface area contributed by atoms with Gasteiger partial charge in [0.1, 0.15) is 5.82 Å². The van der Waals surface area contributed by atoms with Gasteiger partial charge in [0.05, 0.1) is 22.9 Å². The minimum Gasteiger partial charge on any atom is -0.306 e. The fraction of sp³-hybridized carbons (Fsp3) is 0.238. The highest BCUT2D eigenvalue weighted by atomic mass is 32.2. The third kappa shape index (κ3) is 3.33. The minimum atomic E-state index is -3.23. The van der Waals surface area contributed by atoms with Gasteiger partial charge in [-0.2, -0.15) is 5.10 Å². The molecule has 1 N–H and O–H groups in total. The van der Waals surface area contributed by atoms with Crippen LogP contribution in [0.3, 0.4) is 0 Å². The molecule has 4 rings (SSSR count). The Balaban J connectivity index is 1.80. The molecule has 144 valence electrons. The monoisotopic (exact) mass is 395 g/mol. The number of amides is 1. The highest BCUT2D eigenvalue weighted by molar-refractivity contribution is 7.90. The Morgan fingerprint density at radius 2 is 1.68 bits per heavy atom. The zero-order valence-electron chi connectivity index (χ0n) is 16.0. The van der Waals surface area contributed by atoms with Gasteiger partial charge in [-0.15, -0.1) is 0 Å². The van der Waals surface area contributed by atoms with E-state index in [1.54, 1.807) is 16.8 Å². The van der Waals surface area contributed by atoms with Crippen molar-refractivity contribution in [2.45, 2.75) is 32.3 Å². The summed E-state index contributed by atoms with van der Waals surface area (Å²) in [5.41, 5.74) is 5.57. The number of fused-ring (bicyclic) bond motifs is 1. The first-order valence-corrected chi connectivity index (χ1v) is 10.8. The first-order valence-electron chi connectivity index (χ1n) is 9.00. The Bertz CT molecular complexity index is 1190. The number of sulfone groups is 1. The maximum atomic E-state index is 12.8. The summed E-state index contributed by atoms with van der Waals surface area (Å²) in [5.74, 6) is -0.0867. The lowest BCUT2D eigenvalue weighted by Crippen LogP contribution is -2.17. The second kappa shape index (κ2) is 6.60. The lowest BCUT2D eigenvalue weighted by molar-refractivity contribution is 0.102. The number of aryl methyl sites for hydroxylation is 3. The summed E-state index contributed by atoms with van der Waals surface area (Å²) in [6.45, 7) is 5.93. The third-order valence-electron chi connectivity index (χ3n) is 4.91. The molecule has 2 heterocycles. The zero-order valence-corrected chi connectivity index (χ0v) is 16.8. The van der Waals surface area contributed by atoms with Gasteiger partial charge in [-0.05, 0) is 44.5 Å². The smallest absolute Gasteiger partial charge is 0.256 e. The predicted molar refractivity (Wildman–Crippen MR) is 108 cm³/mol. The van der Waals surface area contributed by atoms with Crippen LogP contribution in [0.15, 0.2) is 42.5 Å². The average Bonchev–Trinajstić information content (AvgIpc) is 3.08. The van der Waals surface area contributed by atoms with Gasteiger partial charge in [0, 0.05) is 11.1 Å². The van der Waals surface area contributed by atoms with Crippen molar-refractivity contribution in [1.82, 2.24) is 9.78 Å². The summed E-state index contributed by atoms with van der Waals surface area (Å²) < 4.78 is 25.8. The standard InChI is InChI=1S/C21H21N3O3S/c1-13-4-7-16(8-5-13)21(25)22-20-17-11-28(26,27)12-18(17)23-24(20)19-9-6-14(2)10-15(19)3/h4-10H,11-12H2,1-3H3,(H,22,25). The minimum absolute atomic E-state index is 0.104. The van der Waals surface area contributed by atoms with Gasteiger partial charge in [0.2, 0.25) is 0 Å². The average molecular weight is 395 g/mol. The van der Waals surface area contributed by atoms with Crippen LogP contribution in [0.5, 0.6) is 0 Å². The molecule has 2 aromatic carbocycles. The van der Waals surface area contributed by atoms with Crippen LogP contribution in [0.1, 0.15) is 38.3 Å². The number of aromatic nitrogens is 2.